The predicted molar refractivity (Wildman–Crippen MR) is 55.9 cm³/mol. The van der Waals surface area contributed by atoms with E-state index in [1.54, 1.807) is 0 Å². The monoisotopic (exact) mass is 182 g/mol. The van der Waals surface area contributed by atoms with Crippen LogP contribution in [0.1, 0.15) is 38.5 Å². The van der Waals surface area contributed by atoms with Crippen LogP contribution in [-0.4, -0.2) is 26.2 Å². The van der Waals surface area contributed by atoms with Crippen molar-refractivity contribution in [3.05, 3.63) is 0 Å². The predicted octanol–water partition coefficient (Wildman–Crippen LogP) is 1.52. The van der Waals surface area contributed by atoms with Crippen LogP contribution in [0.2, 0.25) is 0 Å². The summed E-state index contributed by atoms with van der Waals surface area (Å²) in [6.07, 6.45) is 8.56. The van der Waals surface area contributed by atoms with Gasteiger partial charge in [-0.25, -0.2) is 0 Å². The van der Waals surface area contributed by atoms with Gasteiger partial charge in [-0.3, -0.25) is 0 Å². The molecule has 0 saturated heterocycles. The second-order valence-electron chi connectivity index (χ2n) is 4.89. The van der Waals surface area contributed by atoms with Gasteiger partial charge in [-0.05, 0) is 38.1 Å². The molecule has 13 heavy (non-hydrogen) atoms. The fourth-order valence-electron chi connectivity index (χ4n) is 2.46. The zero-order valence-corrected chi connectivity index (χ0v) is 8.73. The molecule has 0 aliphatic heterocycles. The van der Waals surface area contributed by atoms with Gasteiger partial charge in [0.2, 0.25) is 0 Å². The number of nitrogens with one attached hydrogen (secondary N) is 2. The average molecular weight is 182 g/mol. The summed E-state index contributed by atoms with van der Waals surface area (Å²) in [5, 5.41) is 7.04. The molecule has 2 heteroatoms. The summed E-state index contributed by atoms with van der Waals surface area (Å²) in [6, 6.07) is 0.842. The molecule has 0 amide bonds. The lowest BCUT2D eigenvalue weighted by Crippen LogP contribution is -2.36. The Balaban J connectivity index is 1.66. The lowest BCUT2D eigenvalue weighted by atomic mass is 10.1. The largest absolute Gasteiger partial charge is 0.319 e. The van der Waals surface area contributed by atoms with E-state index in [1.165, 1.54) is 51.6 Å². The molecule has 0 unspecified atom stereocenters. The van der Waals surface area contributed by atoms with Gasteiger partial charge in [0.1, 0.15) is 0 Å². The molecule has 0 aromatic rings. The van der Waals surface area contributed by atoms with E-state index in [0.29, 0.717) is 5.41 Å². The van der Waals surface area contributed by atoms with Crippen molar-refractivity contribution < 1.29 is 0 Å². The summed E-state index contributed by atoms with van der Waals surface area (Å²) in [5.74, 6) is 0. The normalized spacial score (nSPS) is 26.5. The Kier molecular flexibility index (Phi) is 2.89. The van der Waals surface area contributed by atoms with Crippen LogP contribution < -0.4 is 10.6 Å². The molecular weight excluding hydrogens is 160 g/mol. The first-order valence-electron chi connectivity index (χ1n) is 5.73. The zero-order valence-electron chi connectivity index (χ0n) is 8.73. The fourth-order valence-corrected chi connectivity index (χ4v) is 2.46. The molecule has 2 saturated carbocycles. The van der Waals surface area contributed by atoms with Gasteiger partial charge in [-0.15, -0.1) is 0 Å². The van der Waals surface area contributed by atoms with Crippen molar-refractivity contribution in [2.24, 2.45) is 5.41 Å². The van der Waals surface area contributed by atoms with E-state index in [2.05, 4.69) is 17.7 Å². The quantitative estimate of drug-likeness (QED) is 0.673. The molecule has 0 bridgehead atoms. The van der Waals surface area contributed by atoms with Crippen molar-refractivity contribution >= 4 is 0 Å². The van der Waals surface area contributed by atoms with Crippen LogP contribution in [0.4, 0.5) is 0 Å². The lowest BCUT2D eigenvalue weighted by molar-refractivity contribution is 0.400. The second kappa shape index (κ2) is 3.97. The minimum atomic E-state index is 0.636. The van der Waals surface area contributed by atoms with Gasteiger partial charge < -0.3 is 10.6 Å². The van der Waals surface area contributed by atoms with Gasteiger partial charge in [-0.2, -0.15) is 0 Å². The van der Waals surface area contributed by atoms with Crippen molar-refractivity contribution in [3.8, 4) is 0 Å². The van der Waals surface area contributed by atoms with E-state index in [9.17, 15) is 0 Å². The van der Waals surface area contributed by atoms with Crippen molar-refractivity contribution in [2.45, 2.75) is 44.6 Å². The maximum Gasteiger partial charge on any atom is 0.00673 e. The Morgan fingerprint density at radius 2 is 1.85 bits per heavy atom. The molecule has 0 aromatic heterocycles. The third-order valence-corrected chi connectivity index (χ3v) is 3.63. The van der Waals surface area contributed by atoms with Crippen LogP contribution >= 0.6 is 0 Å². The van der Waals surface area contributed by atoms with Crippen LogP contribution in [0.15, 0.2) is 0 Å². The molecule has 76 valence electrons. The van der Waals surface area contributed by atoms with Crippen LogP contribution in [0.5, 0.6) is 0 Å². The van der Waals surface area contributed by atoms with Crippen LogP contribution in [0.3, 0.4) is 0 Å². The topological polar surface area (TPSA) is 24.1 Å². The highest BCUT2D eigenvalue weighted by molar-refractivity contribution is 4.97. The molecule has 2 fully saturated rings. The van der Waals surface area contributed by atoms with Gasteiger partial charge >= 0.3 is 0 Å². The third kappa shape index (κ3) is 2.44. The summed E-state index contributed by atoms with van der Waals surface area (Å²) in [6.45, 7) is 2.45. The molecule has 0 aromatic carbocycles. The molecular formula is C11H22N2. The number of rotatable bonds is 5. The highest BCUT2D eigenvalue weighted by Crippen LogP contribution is 2.44. The summed E-state index contributed by atoms with van der Waals surface area (Å²) in [7, 11) is 2.07. The SMILES string of the molecule is CNCC1(CNC2CCCC2)CC1. The van der Waals surface area contributed by atoms with Crippen molar-refractivity contribution in [3.63, 3.8) is 0 Å². The van der Waals surface area contributed by atoms with Crippen LogP contribution in [-0.2, 0) is 0 Å². The molecule has 0 atom stereocenters. The average Bonchev–Trinajstić information content (AvgIpc) is 2.71. The van der Waals surface area contributed by atoms with Gasteiger partial charge in [-0.1, -0.05) is 12.8 Å². The smallest absolute Gasteiger partial charge is 0.00673 e. The minimum absolute atomic E-state index is 0.636. The van der Waals surface area contributed by atoms with Gasteiger partial charge in [0.15, 0.2) is 0 Å². The fraction of sp³-hybridized carbons (Fsp3) is 1.00. The third-order valence-electron chi connectivity index (χ3n) is 3.63. The Labute approximate surface area is 81.5 Å². The Morgan fingerprint density at radius 3 is 2.38 bits per heavy atom. The molecule has 0 heterocycles. The van der Waals surface area contributed by atoms with Crippen molar-refractivity contribution in [2.75, 3.05) is 20.1 Å². The van der Waals surface area contributed by atoms with Crippen LogP contribution in [0, 0.1) is 5.41 Å². The Bertz CT molecular complexity index is 157. The van der Waals surface area contributed by atoms with E-state index in [1.807, 2.05) is 0 Å². The summed E-state index contributed by atoms with van der Waals surface area (Å²) in [4.78, 5) is 0. The van der Waals surface area contributed by atoms with Gasteiger partial charge in [0.05, 0.1) is 0 Å². The Hall–Kier alpha value is -0.0800. The Morgan fingerprint density at radius 1 is 1.15 bits per heavy atom. The van der Waals surface area contributed by atoms with Crippen molar-refractivity contribution in [1.82, 2.24) is 10.6 Å². The van der Waals surface area contributed by atoms with E-state index < -0.39 is 0 Å². The summed E-state index contributed by atoms with van der Waals surface area (Å²) < 4.78 is 0. The zero-order chi connectivity index (χ0) is 9.15. The highest BCUT2D eigenvalue weighted by atomic mass is 15.0. The highest BCUT2D eigenvalue weighted by Gasteiger charge is 2.41. The maximum atomic E-state index is 3.73. The molecule has 2 N–H and O–H groups in total. The van der Waals surface area contributed by atoms with Crippen LogP contribution in [0.25, 0.3) is 0 Å². The standard InChI is InChI=1S/C11H22N2/c1-12-8-11(6-7-11)9-13-10-4-2-3-5-10/h10,12-13H,2-9H2,1H3. The summed E-state index contributed by atoms with van der Waals surface area (Å²) in [5.41, 5.74) is 0.636. The number of hydrogen-bond donors (Lipinski definition) is 2. The lowest BCUT2D eigenvalue weighted by Gasteiger charge is -2.19. The van der Waals surface area contributed by atoms with E-state index in [0.717, 1.165) is 6.04 Å². The van der Waals surface area contributed by atoms with E-state index >= 15 is 0 Å². The van der Waals surface area contributed by atoms with E-state index in [-0.39, 0.29) is 0 Å². The van der Waals surface area contributed by atoms with E-state index in [4.69, 9.17) is 0 Å². The maximum absolute atomic E-state index is 3.73. The molecule has 2 nitrogen and oxygen atoms in total. The van der Waals surface area contributed by atoms with Crippen molar-refractivity contribution in [1.29, 1.82) is 0 Å². The molecule has 2 aliphatic rings. The first-order valence-corrected chi connectivity index (χ1v) is 5.73. The minimum Gasteiger partial charge on any atom is -0.319 e. The molecule has 0 spiro atoms. The first-order chi connectivity index (χ1) is 6.35. The summed E-state index contributed by atoms with van der Waals surface area (Å²) >= 11 is 0. The number of hydrogen-bond acceptors (Lipinski definition) is 2. The van der Waals surface area contributed by atoms with Gasteiger partial charge in [0, 0.05) is 19.1 Å². The molecule has 2 rings (SSSR count). The van der Waals surface area contributed by atoms with Gasteiger partial charge in [0.25, 0.3) is 0 Å². The second-order valence-corrected chi connectivity index (χ2v) is 4.89. The first kappa shape index (κ1) is 9.47. The molecule has 0 radical (unpaired) electrons. The molecule has 2 aliphatic carbocycles.